The van der Waals surface area contributed by atoms with Crippen molar-refractivity contribution in [3.8, 4) is 0 Å². The number of aliphatic carboxylic acids is 1. The third-order valence-electron chi connectivity index (χ3n) is 2.95. The van der Waals surface area contributed by atoms with E-state index in [9.17, 15) is 14.4 Å². The molecule has 0 aromatic rings. The summed E-state index contributed by atoms with van der Waals surface area (Å²) in [6, 6.07) is -1.39. The molecule has 2 amide bonds. The van der Waals surface area contributed by atoms with Crippen LogP contribution in [-0.4, -0.2) is 41.5 Å². The van der Waals surface area contributed by atoms with Crippen LogP contribution in [0.1, 0.15) is 33.6 Å². The van der Waals surface area contributed by atoms with E-state index in [2.05, 4.69) is 10.6 Å². The summed E-state index contributed by atoms with van der Waals surface area (Å²) in [5, 5.41) is 13.4. The van der Waals surface area contributed by atoms with E-state index in [0.29, 0.717) is 0 Å². The van der Waals surface area contributed by atoms with Gasteiger partial charge in [-0.05, 0) is 12.8 Å². The number of nitrogens with two attached hydrogens (primary N) is 1. The highest BCUT2D eigenvalue weighted by Gasteiger charge is 2.23. The minimum atomic E-state index is -0.990. The normalized spacial score (nSPS) is 15.2. The number of amides is 2. The van der Waals surface area contributed by atoms with Gasteiger partial charge in [-0.25, -0.2) is 0 Å². The molecule has 0 fully saturated rings. The molecular weight excluding hydrogens is 250 g/mol. The summed E-state index contributed by atoms with van der Waals surface area (Å²) >= 11 is 0. The Labute approximate surface area is 112 Å². The molecule has 0 heterocycles. The fraction of sp³-hybridized carbons (Fsp3) is 0.750. The number of rotatable bonds is 8. The predicted octanol–water partition coefficient (Wildman–Crippen LogP) is -0.545. The van der Waals surface area contributed by atoms with E-state index in [0.717, 1.165) is 6.42 Å². The van der Waals surface area contributed by atoms with Gasteiger partial charge in [-0.2, -0.15) is 0 Å². The Morgan fingerprint density at radius 1 is 1.21 bits per heavy atom. The molecule has 0 aromatic heterocycles. The van der Waals surface area contributed by atoms with Crippen molar-refractivity contribution in [1.29, 1.82) is 0 Å². The van der Waals surface area contributed by atoms with Gasteiger partial charge in [0, 0.05) is 6.54 Å². The number of hydrogen-bond donors (Lipinski definition) is 4. The molecule has 7 heteroatoms. The Bertz CT molecular complexity index is 333. The average Bonchev–Trinajstić information content (AvgIpc) is 2.35. The molecule has 0 saturated heterocycles. The van der Waals surface area contributed by atoms with Crippen LogP contribution >= 0.6 is 0 Å². The zero-order valence-corrected chi connectivity index (χ0v) is 11.6. The Balaban J connectivity index is 4.14. The summed E-state index contributed by atoms with van der Waals surface area (Å²) in [6.45, 7) is 5.35. The van der Waals surface area contributed by atoms with E-state index in [1.165, 1.54) is 6.92 Å². The number of carbonyl (C=O) groups excluding carboxylic acids is 2. The maximum atomic E-state index is 11.7. The van der Waals surface area contributed by atoms with E-state index in [1.54, 1.807) is 0 Å². The number of carboxylic acid groups (broad SMARTS) is 1. The molecule has 0 radical (unpaired) electrons. The van der Waals surface area contributed by atoms with Gasteiger partial charge >= 0.3 is 5.97 Å². The summed E-state index contributed by atoms with van der Waals surface area (Å²) in [4.78, 5) is 33.6. The number of carboxylic acids is 1. The Morgan fingerprint density at radius 2 is 1.79 bits per heavy atom. The Morgan fingerprint density at radius 3 is 2.26 bits per heavy atom. The van der Waals surface area contributed by atoms with E-state index < -0.39 is 24.0 Å². The molecule has 0 unspecified atom stereocenters. The smallest absolute Gasteiger partial charge is 0.305 e. The molecule has 0 bridgehead atoms. The van der Waals surface area contributed by atoms with Gasteiger partial charge in [-0.1, -0.05) is 20.3 Å². The highest BCUT2D eigenvalue weighted by Crippen LogP contribution is 2.05. The van der Waals surface area contributed by atoms with Gasteiger partial charge in [0.2, 0.25) is 11.8 Å². The highest BCUT2D eigenvalue weighted by molar-refractivity contribution is 5.89. The van der Waals surface area contributed by atoms with Crippen molar-refractivity contribution in [2.75, 3.05) is 6.54 Å². The minimum absolute atomic E-state index is 0.0299. The van der Waals surface area contributed by atoms with Crippen LogP contribution < -0.4 is 16.4 Å². The highest BCUT2D eigenvalue weighted by atomic mass is 16.4. The van der Waals surface area contributed by atoms with Crippen molar-refractivity contribution in [3.05, 3.63) is 0 Å². The Hall–Kier alpha value is -1.63. The molecule has 7 nitrogen and oxygen atoms in total. The van der Waals surface area contributed by atoms with Crippen LogP contribution in [0.3, 0.4) is 0 Å². The third-order valence-corrected chi connectivity index (χ3v) is 2.95. The van der Waals surface area contributed by atoms with Crippen molar-refractivity contribution in [3.63, 3.8) is 0 Å². The number of carbonyl (C=O) groups is 3. The van der Waals surface area contributed by atoms with Crippen LogP contribution in [0.25, 0.3) is 0 Å². The first kappa shape index (κ1) is 17.4. The second kappa shape index (κ2) is 8.47. The maximum Gasteiger partial charge on any atom is 0.305 e. The summed E-state index contributed by atoms with van der Waals surface area (Å²) in [7, 11) is 0. The molecule has 0 aliphatic heterocycles. The molecule has 0 rings (SSSR count). The number of nitrogens with one attached hydrogen (secondary N) is 2. The fourth-order valence-corrected chi connectivity index (χ4v) is 1.33. The monoisotopic (exact) mass is 273 g/mol. The summed E-state index contributed by atoms with van der Waals surface area (Å²) in [6.07, 6.45) is 0.618. The topological polar surface area (TPSA) is 122 Å². The first-order valence-electron chi connectivity index (χ1n) is 6.35. The van der Waals surface area contributed by atoms with Crippen molar-refractivity contribution < 1.29 is 19.5 Å². The summed E-state index contributed by atoms with van der Waals surface area (Å²) in [5.74, 6) is -1.76. The molecule has 0 aromatic carbocycles. The largest absolute Gasteiger partial charge is 0.481 e. The van der Waals surface area contributed by atoms with E-state index in [-0.39, 0.29) is 24.8 Å². The first-order chi connectivity index (χ1) is 8.79. The van der Waals surface area contributed by atoms with Crippen molar-refractivity contribution in [2.24, 2.45) is 11.7 Å². The van der Waals surface area contributed by atoms with Crippen LogP contribution in [0, 0.1) is 5.92 Å². The molecule has 0 aliphatic rings. The lowest BCUT2D eigenvalue weighted by Crippen LogP contribution is -2.52. The lowest BCUT2D eigenvalue weighted by molar-refractivity contribution is -0.137. The van der Waals surface area contributed by atoms with Gasteiger partial charge in [0.25, 0.3) is 0 Å². The quantitative estimate of drug-likeness (QED) is 0.473. The average molecular weight is 273 g/mol. The SMILES string of the molecule is CC[C@H](C)[C@H](N)C(=O)N[C@@H](C)C(=O)NCCC(=O)O. The summed E-state index contributed by atoms with van der Waals surface area (Å²) in [5.41, 5.74) is 5.74. The van der Waals surface area contributed by atoms with Crippen molar-refractivity contribution in [2.45, 2.75) is 45.7 Å². The zero-order chi connectivity index (χ0) is 15.0. The fourth-order valence-electron chi connectivity index (χ4n) is 1.33. The standard InChI is InChI=1S/C12H23N3O4/c1-4-7(2)10(13)12(19)15-8(3)11(18)14-6-5-9(16)17/h7-8,10H,4-6,13H2,1-3H3,(H,14,18)(H,15,19)(H,16,17)/t7-,8-,10-/m0/s1. The molecule has 3 atom stereocenters. The lowest BCUT2D eigenvalue weighted by atomic mass is 9.99. The van der Waals surface area contributed by atoms with Crippen LogP contribution in [-0.2, 0) is 14.4 Å². The predicted molar refractivity (Wildman–Crippen MR) is 70.3 cm³/mol. The molecule has 19 heavy (non-hydrogen) atoms. The van der Waals surface area contributed by atoms with Crippen LogP contribution in [0.2, 0.25) is 0 Å². The first-order valence-corrected chi connectivity index (χ1v) is 6.35. The second-order valence-corrected chi connectivity index (χ2v) is 4.58. The van der Waals surface area contributed by atoms with E-state index >= 15 is 0 Å². The van der Waals surface area contributed by atoms with Gasteiger partial charge in [0.1, 0.15) is 6.04 Å². The minimum Gasteiger partial charge on any atom is -0.481 e. The van der Waals surface area contributed by atoms with Gasteiger partial charge in [-0.3, -0.25) is 14.4 Å². The van der Waals surface area contributed by atoms with E-state index in [1.807, 2.05) is 13.8 Å². The van der Waals surface area contributed by atoms with Crippen molar-refractivity contribution in [1.82, 2.24) is 10.6 Å². The lowest BCUT2D eigenvalue weighted by Gasteiger charge is -2.20. The van der Waals surface area contributed by atoms with Gasteiger partial charge in [0.05, 0.1) is 12.5 Å². The molecular formula is C12H23N3O4. The number of hydrogen-bond acceptors (Lipinski definition) is 4. The van der Waals surface area contributed by atoms with Gasteiger partial charge in [-0.15, -0.1) is 0 Å². The van der Waals surface area contributed by atoms with Gasteiger partial charge < -0.3 is 21.5 Å². The second-order valence-electron chi connectivity index (χ2n) is 4.58. The van der Waals surface area contributed by atoms with Crippen LogP contribution in [0.5, 0.6) is 0 Å². The Kier molecular flexibility index (Phi) is 7.74. The van der Waals surface area contributed by atoms with Gasteiger partial charge in [0.15, 0.2) is 0 Å². The van der Waals surface area contributed by atoms with Crippen LogP contribution in [0.15, 0.2) is 0 Å². The summed E-state index contributed by atoms with van der Waals surface area (Å²) < 4.78 is 0. The zero-order valence-electron chi connectivity index (χ0n) is 11.6. The molecule has 110 valence electrons. The maximum absolute atomic E-state index is 11.7. The third kappa shape index (κ3) is 6.76. The molecule has 0 saturated carbocycles. The van der Waals surface area contributed by atoms with E-state index in [4.69, 9.17) is 10.8 Å². The molecule has 5 N–H and O–H groups in total. The molecule has 0 aliphatic carbocycles. The van der Waals surface area contributed by atoms with Crippen LogP contribution in [0.4, 0.5) is 0 Å². The molecule has 0 spiro atoms. The van der Waals surface area contributed by atoms with Crippen molar-refractivity contribution >= 4 is 17.8 Å².